The molecule has 0 spiro atoms. The van der Waals surface area contributed by atoms with Crippen LogP contribution in [0, 0.1) is 0 Å². The standard InChI is InChI=1S/C14H11N3O2S/c15-13(18)10-3-1-2-9-11(6-8-4-5-20-7-8)16-17-14(19)12(9)10/h1-5,7H,6H2,(H2,15,18)(H,17,19). The number of fused-ring (bicyclic) bond motifs is 1. The molecule has 0 saturated heterocycles. The summed E-state index contributed by atoms with van der Waals surface area (Å²) in [5.74, 6) is -0.617. The SMILES string of the molecule is NC(=O)c1cccc2c(Cc3ccsc3)n[nH]c(=O)c12. The van der Waals surface area contributed by atoms with Gasteiger partial charge in [0.1, 0.15) is 0 Å². The van der Waals surface area contributed by atoms with Crippen LogP contribution in [0.1, 0.15) is 21.6 Å². The Morgan fingerprint density at radius 1 is 1.35 bits per heavy atom. The van der Waals surface area contributed by atoms with Crippen molar-refractivity contribution in [2.75, 3.05) is 0 Å². The summed E-state index contributed by atoms with van der Waals surface area (Å²) in [5, 5.41) is 11.5. The van der Waals surface area contributed by atoms with Gasteiger partial charge in [0.15, 0.2) is 0 Å². The molecule has 6 heteroatoms. The number of nitrogens with zero attached hydrogens (tertiary/aromatic N) is 1. The second kappa shape index (κ2) is 4.90. The van der Waals surface area contributed by atoms with E-state index in [2.05, 4.69) is 10.2 Å². The van der Waals surface area contributed by atoms with Crippen molar-refractivity contribution in [3.63, 3.8) is 0 Å². The molecule has 0 aliphatic heterocycles. The Kier molecular flexibility index (Phi) is 3.08. The molecule has 0 bridgehead atoms. The second-order valence-electron chi connectivity index (χ2n) is 4.40. The lowest BCUT2D eigenvalue weighted by Crippen LogP contribution is -2.18. The Hall–Kier alpha value is -2.47. The number of benzene rings is 1. The van der Waals surface area contributed by atoms with E-state index in [9.17, 15) is 9.59 Å². The third-order valence-corrected chi connectivity index (χ3v) is 3.84. The Morgan fingerprint density at radius 2 is 2.20 bits per heavy atom. The van der Waals surface area contributed by atoms with Crippen molar-refractivity contribution in [2.24, 2.45) is 5.73 Å². The monoisotopic (exact) mass is 285 g/mol. The lowest BCUT2D eigenvalue weighted by atomic mass is 10.0. The molecule has 0 radical (unpaired) electrons. The zero-order valence-electron chi connectivity index (χ0n) is 10.4. The van der Waals surface area contributed by atoms with E-state index >= 15 is 0 Å². The molecule has 3 rings (SSSR count). The van der Waals surface area contributed by atoms with Crippen LogP contribution >= 0.6 is 11.3 Å². The van der Waals surface area contributed by atoms with E-state index in [4.69, 9.17) is 5.73 Å². The summed E-state index contributed by atoms with van der Waals surface area (Å²) in [5.41, 5.74) is 6.98. The van der Waals surface area contributed by atoms with Crippen LogP contribution in [-0.4, -0.2) is 16.1 Å². The molecule has 0 aliphatic carbocycles. The normalized spacial score (nSPS) is 10.8. The van der Waals surface area contributed by atoms with Gasteiger partial charge in [-0.2, -0.15) is 16.4 Å². The Labute approximate surface area is 118 Å². The zero-order valence-corrected chi connectivity index (χ0v) is 11.2. The van der Waals surface area contributed by atoms with E-state index in [1.165, 1.54) is 0 Å². The van der Waals surface area contributed by atoms with Gasteiger partial charge < -0.3 is 5.73 Å². The van der Waals surface area contributed by atoms with Gasteiger partial charge >= 0.3 is 0 Å². The van der Waals surface area contributed by atoms with Gasteiger partial charge in [-0.3, -0.25) is 9.59 Å². The fraction of sp³-hybridized carbons (Fsp3) is 0.0714. The van der Waals surface area contributed by atoms with E-state index in [1.807, 2.05) is 16.8 Å². The van der Waals surface area contributed by atoms with Gasteiger partial charge in [-0.1, -0.05) is 12.1 Å². The van der Waals surface area contributed by atoms with Crippen molar-refractivity contribution in [3.05, 3.63) is 62.2 Å². The fourth-order valence-electron chi connectivity index (χ4n) is 2.20. The van der Waals surface area contributed by atoms with Crippen LogP contribution in [0.15, 0.2) is 39.8 Å². The van der Waals surface area contributed by atoms with Gasteiger partial charge in [0.05, 0.1) is 16.6 Å². The van der Waals surface area contributed by atoms with Crippen molar-refractivity contribution in [1.82, 2.24) is 10.2 Å². The molecule has 0 aliphatic rings. The fourth-order valence-corrected chi connectivity index (χ4v) is 2.87. The van der Waals surface area contributed by atoms with Crippen molar-refractivity contribution in [2.45, 2.75) is 6.42 Å². The lowest BCUT2D eigenvalue weighted by molar-refractivity contribution is 0.100. The number of carbonyl (C=O) groups is 1. The first-order valence-electron chi connectivity index (χ1n) is 5.98. The molecule has 1 amide bonds. The van der Waals surface area contributed by atoms with E-state index in [1.54, 1.807) is 29.5 Å². The van der Waals surface area contributed by atoms with Gasteiger partial charge in [0.25, 0.3) is 5.56 Å². The molecule has 20 heavy (non-hydrogen) atoms. The quantitative estimate of drug-likeness (QED) is 0.767. The van der Waals surface area contributed by atoms with Crippen molar-refractivity contribution < 1.29 is 4.79 Å². The third-order valence-electron chi connectivity index (χ3n) is 3.11. The van der Waals surface area contributed by atoms with Gasteiger partial charge in [-0.15, -0.1) is 0 Å². The van der Waals surface area contributed by atoms with Gasteiger partial charge in [-0.25, -0.2) is 5.10 Å². The Balaban J connectivity index is 2.25. The van der Waals surface area contributed by atoms with Crippen LogP contribution in [0.3, 0.4) is 0 Å². The summed E-state index contributed by atoms with van der Waals surface area (Å²) >= 11 is 1.60. The maximum atomic E-state index is 11.9. The smallest absolute Gasteiger partial charge is 0.272 e. The predicted octanol–water partition coefficient (Wildman–Crippen LogP) is 1.67. The van der Waals surface area contributed by atoms with Gasteiger partial charge in [-0.05, 0) is 28.5 Å². The van der Waals surface area contributed by atoms with E-state index in [0.29, 0.717) is 17.2 Å². The number of aromatic amines is 1. The van der Waals surface area contributed by atoms with Crippen LogP contribution in [0.5, 0.6) is 0 Å². The van der Waals surface area contributed by atoms with Crippen LogP contribution < -0.4 is 11.3 Å². The van der Waals surface area contributed by atoms with Gasteiger partial charge in [0, 0.05) is 11.8 Å². The summed E-state index contributed by atoms with van der Waals surface area (Å²) in [6.45, 7) is 0. The molecule has 1 aromatic carbocycles. The lowest BCUT2D eigenvalue weighted by Gasteiger charge is -2.06. The molecule has 0 unspecified atom stereocenters. The third kappa shape index (κ3) is 2.10. The van der Waals surface area contributed by atoms with Gasteiger partial charge in [0.2, 0.25) is 5.91 Å². The molecule has 2 aromatic heterocycles. The first-order chi connectivity index (χ1) is 9.66. The highest BCUT2D eigenvalue weighted by Crippen LogP contribution is 2.20. The molecular formula is C14H11N3O2S. The van der Waals surface area contributed by atoms with E-state index in [-0.39, 0.29) is 5.56 Å². The zero-order chi connectivity index (χ0) is 14.1. The number of thiophene rings is 1. The maximum absolute atomic E-state index is 11.9. The average molecular weight is 285 g/mol. The topological polar surface area (TPSA) is 88.8 Å². The minimum atomic E-state index is -0.617. The number of carbonyl (C=O) groups excluding carboxylic acids is 1. The summed E-state index contributed by atoms with van der Waals surface area (Å²) in [4.78, 5) is 23.4. The Bertz CT molecular complexity index is 837. The number of rotatable bonds is 3. The molecular weight excluding hydrogens is 274 g/mol. The number of H-pyrrole nitrogens is 1. The summed E-state index contributed by atoms with van der Waals surface area (Å²) in [6.07, 6.45) is 0.596. The van der Waals surface area contributed by atoms with Crippen LogP contribution in [0.4, 0.5) is 0 Å². The van der Waals surface area contributed by atoms with Crippen LogP contribution in [0.2, 0.25) is 0 Å². The summed E-state index contributed by atoms with van der Waals surface area (Å²) in [6, 6.07) is 7.04. The van der Waals surface area contributed by atoms with E-state index in [0.717, 1.165) is 11.3 Å². The first-order valence-corrected chi connectivity index (χ1v) is 6.92. The molecule has 3 aromatic rings. The molecule has 2 heterocycles. The first kappa shape index (κ1) is 12.6. The van der Waals surface area contributed by atoms with Crippen LogP contribution in [0.25, 0.3) is 10.8 Å². The highest BCUT2D eigenvalue weighted by Gasteiger charge is 2.13. The predicted molar refractivity (Wildman–Crippen MR) is 78.0 cm³/mol. The number of hydrogen-bond acceptors (Lipinski definition) is 4. The molecule has 5 nitrogen and oxygen atoms in total. The number of nitrogens with two attached hydrogens (primary N) is 1. The largest absolute Gasteiger partial charge is 0.366 e. The van der Waals surface area contributed by atoms with Crippen molar-refractivity contribution in [1.29, 1.82) is 0 Å². The molecule has 0 fully saturated rings. The molecule has 100 valence electrons. The maximum Gasteiger partial charge on any atom is 0.272 e. The van der Waals surface area contributed by atoms with Crippen molar-refractivity contribution in [3.8, 4) is 0 Å². The number of nitrogens with one attached hydrogen (secondary N) is 1. The average Bonchev–Trinajstić information content (AvgIpc) is 2.94. The molecule has 3 N–H and O–H groups in total. The summed E-state index contributed by atoms with van der Waals surface area (Å²) in [7, 11) is 0. The van der Waals surface area contributed by atoms with E-state index < -0.39 is 11.5 Å². The Morgan fingerprint density at radius 3 is 2.90 bits per heavy atom. The second-order valence-corrected chi connectivity index (χ2v) is 5.18. The van der Waals surface area contributed by atoms with Crippen LogP contribution in [-0.2, 0) is 6.42 Å². The highest BCUT2D eigenvalue weighted by molar-refractivity contribution is 7.07. The number of hydrogen-bond donors (Lipinski definition) is 2. The number of primary amides is 1. The molecule has 0 atom stereocenters. The summed E-state index contributed by atoms with van der Waals surface area (Å²) < 4.78 is 0. The van der Waals surface area contributed by atoms with Crippen molar-refractivity contribution >= 4 is 28.0 Å². The number of amides is 1. The number of aromatic nitrogens is 2. The highest BCUT2D eigenvalue weighted by atomic mass is 32.1. The molecule has 0 saturated carbocycles. The minimum absolute atomic E-state index is 0.220. The minimum Gasteiger partial charge on any atom is -0.366 e.